The van der Waals surface area contributed by atoms with Crippen LogP contribution in [0.4, 0.5) is 10.5 Å². The number of rotatable bonds is 8. The Balaban J connectivity index is 3.29. The number of amides is 1. The van der Waals surface area contributed by atoms with Gasteiger partial charge in [-0.2, -0.15) is 0 Å². The third-order valence-electron chi connectivity index (χ3n) is 3.33. The normalized spacial score (nSPS) is 12.5. The van der Waals surface area contributed by atoms with Crippen LogP contribution in [0, 0.1) is 19.1 Å². The summed E-state index contributed by atoms with van der Waals surface area (Å²) in [5.74, 6) is 0. The molecule has 0 saturated carbocycles. The number of aliphatic hydroxyl groups is 2. The van der Waals surface area contributed by atoms with E-state index in [1.807, 2.05) is 22.6 Å². The Morgan fingerprint density at radius 3 is 2.60 bits per heavy atom. The summed E-state index contributed by atoms with van der Waals surface area (Å²) in [6, 6.07) is 2.80. The minimum absolute atomic E-state index is 0.0198. The maximum Gasteiger partial charge on any atom is 0.405 e. The lowest BCUT2D eigenvalue weighted by Gasteiger charge is -2.24. The summed E-state index contributed by atoms with van der Waals surface area (Å²) in [6.45, 7) is 2.65. The van der Waals surface area contributed by atoms with E-state index in [4.69, 9.17) is 21.0 Å². The van der Waals surface area contributed by atoms with E-state index >= 15 is 0 Å². The summed E-state index contributed by atoms with van der Waals surface area (Å²) < 4.78 is 5.45. The predicted molar refractivity (Wildman–Crippen MR) is 98.8 cm³/mol. The van der Waals surface area contributed by atoms with Crippen LogP contribution in [-0.4, -0.2) is 45.3 Å². The summed E-state index contributed by atoms with van der Waals surface area (Å²) in [6.07, 6.45) is -2.15. The van der Waals surface area contributed by atoms with E-state index in [1.165, 1.54) is 12.1 Å². The number of hydrogen-bond acceptors (Lipinski definition) is 7. The van der Waals surface area contributed by atoms with Crippen LogP contribution in [0.3, 0.4) is 0 Å². The van der Waals surface area contributed by atoms with Crippen LogP contribution in [-0.2, 0) is 11.2 Å². The molecule has 25 heavy (non-hydrogen) atoms. The van der Waals surface area contributed by atoms with Crippen LogP contribution in [0.2, 0.25) is 0 Å². The Labute approximate surface area is 158 Å². The lowest BCUT2D eigenvalue weighted by molar-refractivity contribution is -0.385. The molecule has 0 radical (unpaired) electrons. The molecule has 1 aromatic carbocycles. The van der Waals surface area contributed by atoms with Crippen molar-refractivity contribution in [3.63, 3.8) is 0 Å². The number of nitrogens with two attached hydrogens (primary N) is 1. The molecule has 1 unspecified atom stereocenters. The molecule has 0 aliphatic rings. The first kappa shape index (κ1) is 21.3. The number of halogens is 1. The van der Waals surface area contributed by atoms with Gasteiger partial charge in [0.05, 0.1) is 17.6 Å². The largest absolute Gasteiger partial charge is 0.443 e. The van der Waals surface area contributed by atoms with E-state index in [0.29, 0.717) is 9.13 Å². The number of nitrogens with zero attached hydrogens (tertiary/aromatic N) is 1. The molecule has 0 aliphatic carbocycles. The average molecular weight is 465 g/mol. The molecule has 0 heterocycles. The summed E-state index contributed by atoms with van der Waals surface area (Å²) in [7, 11) is 0. The maximum atomic E-state index is 11.3. The Kier molecular flexibility index (Phi) is 7.26. The fourth-order valence-corrected chi connectivity index (χ4v) is 3.10. The van der Waals surface area contributed by atoms with Gasteiger partial charge in [0.1, 0.15) is 5.60 Å². The minimum atomic E-state index is -1.09. The van der Waals surface area contributed by atoms with Crippen molar-refractivity contribution in [2.45, 2.75) is 38.4 Å². The Morgan fingerprint density at radius 1 is 1.52 bits per heavy atom. The Bertz CT molecular complexity index is 692. The molecule has 1 atom stereocenters. The maximum absolute atomic E-state index is 11.3. The Morgan fingerprint density at radius 2 is 2.12 bits per heavy atom. The van der Waals surface area contributed by atoms with Crippen molar-refractivity contribution in [3.8, 4) is 0 Å². The van der Waals surface area contributed by atoms with Gasteiger partial charge in [-0.15, -0.1) is 0 Å². The zero-order valence-electron chi connectivity index (χ0n) is 13.8. The van der Waals surface area contributed by atoms with Crippen LogP contribution >= 0.6 is 22.6 Å². The molecule has 1 rings (SSSR count). The SMILES string of the molecule is CC(C)(Cc1cc(C(=N)CC(O)CO)c(I)cc1[N+](=O)[O-])OC(N)=O. The van der Waals surface area contributed by atoms with Gasteiger partial charge in [-0.25, -0.2) is 4.79 Å². The highest BCUT2D eigenvalue weighted by molar-refractivity contribution is 14.1. The van der Waals surface area contributed by atoms with Crippen LogP contribution in [0.25, 0.3) is 0 Å². The summed E-state index contributed by atoms with van der Waals surface area (Å²) in [4.78, 5) is 21.8. The number of primary amides is 1. The van der Waals surface area contributed by atoms with Crippen molar-refractivity contribution < 1.29 is 24.7 Å². The highest BCUT2D eigenvalue weighted by atomic mass is 127. The fraction of sp³-hybridized carbons (Fsp3) is 0.467. The third kappa shape index (κ3) is 6.21. The smallest absolute Gasteiger partial charge is 0.405 e. The zero-order valence-corrected chi connectivity index (χ0v) is 15.9. The van der Waals surface area contributed by atoms with Gasteiger partial charge in [-0.3, -0.25) is 10.1 Å². The van der Waals surface area contributed by atoms with Gasteiger partial charge in [-0.1, -0.05) is 0 Å². The molecule has 0 spiro atoms. The van der Waals surface area contributed by atoms with E-state index in [2.05, 4.69) is 0 Å². The molecule has 1 amide bonds. The molecule has 0 saturated heterocycles. The highest BCUT2D eigenvalue weighted by Crippen LogP contribution is 2.30. The van der Waals surface area contributed by atoms with E-state index in [9.17, 15) is 20.0 Å². The third-order valence-corrected chi connectivity index (χ3v) is 4.23. The first-order chi connectivity index (χ1) is 11.5. The lowest BCUT2D eigenvalue weighted by atomic mass is 9.93. The number of ether oxygens (including phenoxy) is 1. The molecule has 0 aliphatic heterocycles. The quantitative estimate of drug-likeness (QED) is 0.198. The molecule has 1 aromatic rings. The standard InChI is InChI=1S/C15H20IN3O6/c1-15(2,25-14(18)22)6-8-3-10(12(17)4-9(21)7-20)11(16)5-13(8)19(23)24/h3,5,9,17,20-21H,4,6-7H2,1-2H3,(H2,18,22). The number of carbonyl (C=O) groups excluding carboxylic acids is 1. The van der Waals surface area contributed by atoms with E-state index in [0.717, 1.165) is 0 Å². The fourth-order valence-electron chi connectivity index (χ4n) is 2.33. The highest BCUT2D eigenvalue weighted by Gasteiger charge is 2.28. The number of nitro groups is 1. The average Bonchev–Trinajstić information content (AvgIpc) is 2.46. The van der Waals surface area contributed by atoms with Crippen LogP contribution in [0.15, 0.2) is 12.1 Å². The van der Waals surface area contributed by atoms with Gasteiger partial charge in [0, 0.05) is 39.3 Å². The summed E-state index contributed by atoms with van der Waals surface area (Å²) in [5, 5.41) is 37.8. The molecule has 9 nitrogen and oxygen atoms in total. The van der Waals surface area contributed by atoms with Gasteiger partial charge < -0.3 is 26.1 Å². The van der Waals surface area contributed by atoms with Gasteiger partial charge in [0.2, 0.25) is 0 Å². The monoisotopic (exact) mass is 465 g/mol. The molecular formula is C15H20IN3O6. The molecule has 0 fully saturated rings. The van der Waals surface area contributed by atoms with E-state index in [1.54, 1.807) is 13.8 Å². The number of carbonyl (C=O) groups is 1. The number of nitrogens with one attached hydrogen (secondary N) is 1. The van der Waals surface area contributed by atoms with Crippen LogP contribution < -0.4 is 5.73 Å². The topological polar surface area (TPSA) is 160 Å². The van der Waals surface area contributed by atoms with Crippen molar-refractivity contribution in [2.75, 3.05) is 6.61 Å². The Hall–Kier alpha value is -1.79. The first-order valence-corrected chi connectivity index (χ1v) is 8.36. The summed E-state index contributed by atoms with van der Waals surface area (Å²) in [5.41, 5.74) is 4.50. The molecule has 10 heteroatoms. The second-order valence-corrected chi connectivity index (χ2v) is 7.26. The van der Waals surface area contributed by atoms with Gasteiger partial charge in [0.15, 0.2) is 0 Å². The second kappa shape index (κ2) is 8.54. The van der Waals surface area contributed by atoms with Crippen LogP contribution in [0.5, 0.6) is 0 Å². The number of hydrogen-bond donors (Lipinski definition) is 4. The molecular weight excluding hydrogens is 445 g/mol. The lowest BCUT2D eigenvalue weighted by Crippen LogP contribution is -2.33. The minimum Gasteiger partial charge on any atom is -0.443 e. The molecule has 0 aromatic heterocycles. The van der Waals surface area contributed by atoms with Gasteiger partial charge in [0.25, 0.3) is 5.69 Å². The number of aliphatic hydroxyl groups excluding tert-OH is 2. The van der Waals surface area contributed by atoms with Gasteiger partial charge in [-0.05, 0) is 42.5 Å². The molecule has 5 N–H and O–H groups in total. The van der Waals surface area contributed by atoms with Crippen molar-refractivity contribution >= 4 is 40.1 Å². The van der Waals surface area contributed by atoms with Gasteiger partial charge >= 0.3 is 6.09 Å². The predicted octanol–water partition coefficient (Wildman–Crippen LogP) is 1.73. The van der Waals surface area contributed by atoms with Crippen molar-refractivity contribution in [3.05, 3.63) is 36.9 Å². The van der Waals surface area contributed by atoms with E-state index < -0.39 is 29.3 Å². The second-order valence-electron chi connectivity index (χ2n) is 6.09. The van der Waals surface area contributed by atoms with Crippen molar-refractivity contribution in [2.24, 2.45) is 5.73 Å². The van der Waals surface area contributed by atoms with Crippen molar-refractivity contribution in [1.82, 2.24) is 0 Å². The number of nitro benzene ring substituents is 1. The summed E-state index contributed by atoms with van der Waals surface area (Å²) >= 11 is 1.87. The first-order valence-electron chi connectivity index (χ1n) is 7.29. The van der Waals surface area contributed by atoms with E-state index in [-0.39, 0.29) is 29.8 Å². The zero-order chi connectivity index (χ0) is 19.4. The molecule has 0 bridgehead atoms. The number of benzene rings is 1. The van der Waals surface area contributed by atoms with Crippen molar-refractivity contribution in [1.29, 1.82) is 5.41 Å². The molecule has 138 valence electrons. The van der Waals surface area contributed by atoms with Crippen LogP contribution in [0.1, 0.15) is 31.4 Å².